The van der Waals surface area contributed by atoms with Gasteiger partial charge in [-0.2, -0.15) is 0 Å². The number of fused-ring (bicyclic) bond motifs is 1. The molecule has 0 aromatic heterocycles. The molecule has 1 aromatic carbocycles. The van der Waals surface area contributed by atoms with Crippen molar-refractivity contribution in [3.05, 3.63) is 29.2 Å². The Hall–Kier alpha value is -1.03. The van der Waals surface area contributed by atoms with Gasteiger partial charge in [0.1, 0.15) is 0 Å². The molecule has 0 amide bonds. The molecule has 2 rings (SSSR count). The molecule has 0 spiro atoms. The number of rotatable bonds is 2. The highest BCUT2D eigenvalue weighted by Crippen LogP contribution is 2.38. The summed E-state index contributed by atoms with van der Waals surface area (Å²) in [6.45, 7) is 2.91. The molecular weight excluding hydrogens is 208 g/mol. The van der Waals surface area contributed by atoms with Gasteiger partial charge in [-0.25, -0.2) is 5.01 Å². The Morgan fingerprint density at radius 3 is 3.07 bits per heavy atom. The number of benzene rings is 1. The maximum absolute atomic E-state index is 10.7. The minimum Gasteiger partial charge on any atom is -0.228 e. The van der Waals surface area contributed by atoms with Gasteiger partial charge >= 0.3 is 0 Å². The van der Waals surface area contributed by atoms with Gasteiger partial charge in [0.15, 0.2) is 0 Å². The number of para-hydroxylation sites is 1. The molecule has 0 fully saturated rings. The summed E-state index contributed by atoms with van der Waals surface area (Å²) in [5, 5.41) is 5.25. The summed E-state index contributed by atoms with van der Waals surface area (Å²) in [6, 6.07) is 7.98. The maximum atomic E-state index is 10.7. The van der Waals surface area contributed by atoms with E-state index in [4.69, 9.17) is 0 Å². The molecule has 0 saturated heterocycles. The maximum Gasteiger partial charge on any atom is 0.0762 e. The summed E-state index contributed by atoms with van der Waals surface area (Å²) >= 11 is 1.86. The van der Waals surface area contributed by atoms with Crippen LogP contribution in [0.15, 0.2) is 34.4 Å². The fraction of sp³-hybridized carbons (Fsp3) is 0.455. The Bertz CT molecular complexity index is 356. The van der Waals surface area contributed by atoms with Crippen LogP contribution in [0, 0.1) is 4.91 Å². The standard InChI is InChI=1S/C11H14N2OS/c1-2-9-7-8-13(12-14)10-5-3-4-6-11(10)15-9/h3-6,9H,2,7-8H2,1H3. The van der Waals surface area contributed by atoms with Crippen molar-refractivity contribution in [3.63, 3.8) is 0 Å². The zero-order chi connectivity index (χ0) is 10.7. The average molecular weight is 222 g/mol. The summed E-state index contributed by atoms with van der Waals surface area (Å²) in [6.07, 6.45) is 2.15. The Morgan fingerprint density at radius 2 is 2.33 bits per heavy atom. The Labute approximate surface area is 93.8 Å². The fourth-order valence-electron chi connectivity index (χ4n) is 1.77. The second-order valence-corrected chi connectivity index (χ2v) is 4.95. The number of nitroso groups, excluding NO2 is 1. The highest BCUT2D eigenvalue weighted by molar-refractivity contribution is 8.00. The predicted octanol–water partition coefficient (Wildman–Crippen LogP) is 3.45. The largest absolute Gasteiger partial charge is 0.228 e. The van der Waals surface area contributed by atoms with Crippen LogP contribution in [0.3, 0.4) is 0 Å². The van der Waals surface area contributed by atoms with Crippen LogP contribution in [0.1, 0.15) is 19.8 Å². The van der Waals surface area contributed by atoms with Crippen molar-refractivity contribution in [1.29, 1.82) is 0 Å². The van der Waals surface area contributed by atoms with E-state index in [9.17, 15) is 4.91 Å². The summed E-state index contributed by atoms with van der Waals surface area (Å²) in [5.74, 6) is 0. The van der Waals surface area contributed by atoms with E-state index in [0.29, 0.717) is 5.25 Å². The van der Waals surface area contributed by atoms with Crippen LogP contribution >= 0.6 is 11.8 Å². The van der Waals surface area contributed by atoms with Gasteiger partial charge < -0.3 is 0 Å². The van der Waals surface area contributed by atoms with Gasteiger partial charge in [-0.1, -0.05) is 19.1 Å². The minimum absolute atomic E-state index is 0.595. The first-order chi connectivity index (χ1) is 7.35. The number of nitrogens with zero attached hydrogens (tertiary/aromatic N) is 2. The number of hydrogen-bond acceptors (Lipinski definition) is 3. The number of hydrogen-bond donors (Lipinski definition) is 0. The first-order valence-corrected chi connectivity index (χ1v) is 6.09. The molecule has 1 atom stereocenters. The van der Waals surface area contributed by atoms with Gasteiger partial charge in [0.2, 0.25) is 0 Å². The smallest absolute Gasteiger partial charge is 0.0762 e. The molecule has 0 saturated carbocycles. The second kappa shape index (κ2) is 4.66. The minimum atomic E-state index is 0.595. The van der Waals surface area contributed by atoms with E-state index in [1.807, 2.05) is 30.0 Å². The Balaban J connectivity index is 2.35. The quantitative estimate of drug-likeness (QED) is 0.718. The highest BCUT2D eigenvalue weighted by Gasteiger charge is 2.20. The molecule has 15 heavy (non-hydrogen) atoms. The first-order valence-electron chi connectivity index (χ1n) is 5.21. The molecule has 0 bridgehead atoms. The van der Waals surface area contributed by atoms with E-state index in [1.54, 1.807) is 5.01 Å². The molecule has 1 heterocycles. The predicted molar refractivity (Wildman–Crippen MR) is 64.1 cm³/mol. The third kappa shape index (κ3) is 2.15. The molecule has 0 N–H and O–H groups in total. The summed E-state index contributed by atoms with van der Waals surface area (Å²) in [4.78, 5) is 11.9. The van der Waals surface area contributed by atoms with Gasteiger partial charge in [-0.15, -0.1) is 16.7 Å². The van der Waals surface area contributed by atoms with Gasteiger partial charge in [-0.05, 0) is 25.0 Å². The van der Waals surface area contributed by atoms with Crippen LogP contribution in [0.5, 0.6) is 0 Å². The average Bonchev–Trinajstić information content (AvgIpc) is 2.47. The Kier molecular flexibility index (Phi) is 3.26. The van der Waals surface area contributed by atoms with E-state index in [1.165, 1.54) is 4.90 Å². The molecule has 80 valence electrons. The van der Waals surface area contributed by atoms with Crippen molar-refractivity contribution in [2.45, 2.75) is 29.9 Å². The fourth-order valence-corrected chi connectivity index (χ4v) is 2.97. The zero-order valence-electron chi connectivity index (χ0n) is 8.72. The topological polar surface area (TPSA) is 32.7 Å². The van der Waals surface area contributed by atoms with Crippen LogP contribution in [-0.2, 0) is 0 Å². The summed E-state index contributed by atoms with van der Waals surface area (Å²) < 4.78 is 0. The molecule has 1 aliphatic rings. The lowest BCUT2D eigenvalue weighted by atomic mass is 10.2. The molecule has 0 radical (unpaired) electrons. The lowest BCUT2D eigenvalue weighted by Gasteiger charge is -2.13. The van der Waals surface area contributed by atoms with Crippen molar-refractivity contribution in [2.24, 2.45) is 5.29 Å². The monoisotopic (exact) mass is 222 g/mol. The van der Waals surface area contributed by atoms with Crippen molar-refractivity contribution in [3.8, 4) is 0 Å². The van der Waals surface area contributed by atoms with Gasteiger partial charge in [-0.3, -0.25) is 0 Å². The van der Waals surface area contributed by atoms with Gasteiger partial charge in [0.25, 0.3) is 0 Å². The lowest BCUT2D eigenvalue weighted by Crippen LogP contribution is -2.17. The summed E-state index contributed by atoms with van der Waals surface area (Å²) in [7, 11) is 0. The van der Waals surface area contributed by atoms with Crippen LogP contribution in [0.2, 0.25) is 0 Å². The van der Waals surface area contributed by atoms with Crippen LogP contribution in [-0.4, -0.2) is 11.8 Å². The van der Waals surface area contributed by atoms with Crippen LogP contribution < -0.4 is 5.01 Å². The molecule has 1 aromatic rings. The van der Waals surface area contributed by atoms with E-state index in [2.05, 4.69) is 18.3 Å². The molecule has 1 unspecified atom stereocenters. The molecular formula is C11H14N2OS. The first kappa shape index (κ1) is 10.5. The highest BCUT2D eigenvalue weighted by atomic mass is 32.2. The zero-order valence-corrected chi connectivity index (χ0v) is 9.54. The van der Waals surface area contributed by atoms with Gasteiger partial charge in [0, 0.05) is 16.7 Å². The van der Waals surface area contributed by atoms with Crippen LogP contribution in [0.4, 0.5) is 5.69 Å². The lowest BCUT2D eigenvalue weighted by molar-refractivity contribution is 0.708. The number of anilines is 1. The molecule has 1 aliphatic heterocycles. The van der Waals surface area contributed by atoms with E-state index in [0.717, 1.165) is 25.1 Å². The van der Waals surface area contributed by atoms with E-state index < -0.39 is 0 Å². The van der Waals surface area contributed by atoms with E-state index in [-0.39, 0.29) is 0 Å². The third-order valence-electron chi connectivity index (χ3n) is 2.65. The second-order valence-electron chi connectivity index (χ2n) is 3.61. The van der Waals surface area contributed by atoms with Crippen molar-refractivity contribution >= 4 is 17.4 Å². The van der Waals surface area contributed by atoms with Crippen molar-refractivity contribution in [2.75, 3.05) is 11.6 Å². The Morgan fingerprint density at radius 1 is 1.53 bits per heavy atom. The van der Waals surface area contributed by atoms with Crippen LogP contribution in [0.25, 0.3) is 0 Å². The van der Waals surface area contributed by atoms with Gasteiger partial charge in [0.05, 0.1) is 11.0 Å². The molecule has 3 nitrogen and oxygen atoms in total. The normalized spacial score (nSPS) is 20.6. The SMILES string of the molecule is CCC1CCN(N=O)c2ccccc2S1. The van der Waals surface area contributed by atoms with Crippen molar-refractivity contribution in [1.82, 2.24) is 0 Å². The van der Waals surface area contributed by atoms with Crippen molar-refractivity contribution < 1.29 is 0 Å². The molecule has 4 heteroatoms. The third-order valence-corrected chi connectivity index (χ3v) is 4.16. The number of thioether (sulfide) groups is 1. The molecule has 0 aliphatic carbocycles. The summed E-state index contributed by atoms with van der Waals surface area (Å²) in [5.41, 5.74) is 0.952. The van der Waals surface area contributed by atoms with E-state index >= 15 is 0 Å².